The molecule has 3 rings (SSSR count). The Morgan fingerprint density at radius 2 is 1.94 bits per heavy atom. The van der Waals surface area contributed by atoms with E-state index in [-0.39, 0.29) is 32.2 Å². The first-order chi connectivity index (χ1) is 15.4. The second kappa shape index (κ2) is 10.9. The highest BCUT2D eigenvalue weighted by Gasteiger charge is 2.27. The molecular formula is C21H26N4O6S. The zero-order valence-electron chi connectivity index (χ0n) is 18.2. The number of hydrogen-bond acceptors (Lipinski definition) is 9. The molecule has 10 nitrogen and oxygen atoms in total. The molecule has 1 aliphatic rings. The average molecular weight is 463 g/mol. The molecule has 172 valence electrons. The van der Waals surface area contributed by atoms with E-state index in [1.165, 1.54) is 11.3 Å². The number of ether oxygens (including phenoxy) is 3. The third-order valence-corrected chi connectivity index (χ3v) is 5.84. The molecule has 0 aliphatic carbocycles. The number of amides is 2. The Bertz CT molecular complexity index is 979. The Morgan fingerprint density at radius 3 is 2.69 bits per heavy atom. The van der Waals surface area contributed by atoms with Crippen LogP contribution in [0, 0.1) is 5.92 Å². The summed E-state index contributed by atoms with van der Waals surface area (Å²) in [5, 5.41) is 14.6. The topological polar surface area (TPSA) is 129 Å². The second-order valence-corrected chi connectivity index (χ2v) is 8.18. The highest BCUT2D eigenvalue weighted by molar-refractivity contribution is 7.18. The Morgan fingerprint density at radius 1 is 1.16 bits per heavy atom. The number of nitrogens with zero attached hydrogens (tertiary/aromatic N) is 2. The van der Waals surface area contributed by atoms with Crippen molar-refractivity contribution in [3.63, 3.8) is 0 Å². The molecule has 2 heterocycles. The van der Waals surface area contributed by atoms with Crippen LogP contribution in [0.3, 0.4) is 0 Å². The summed E-state index contributed by atoms with van der Waals surface area (Å²) in [5.41, 5.74) is 0.790. The van der Waals surface area contributed by atoms with E-state index in [1.54, 1.807) is 19.1 Å². The predicted octanol–water partition coefficient (Wildman–Crippen LogP) is 2.75. The lowest BCUT2D eigenvalue weighted by atomic mass is 9.98. The van der Waals surface area contributed by atoms with E-state index in [4.69, 9.17) is 14.2 Å². The van der Waals surface area contributed by atoms with Crippen molar-refractivity contribution >= 4 is 34.3 Å². The molecule has 2 amide bonds. The normalized spacial score (nSPS) is 13.8. The summed E-state index contributed by atoms with van der Waals surface area (Å²) in [6, 6.07) is 4.67. The van der Waals surface area contributed by atoms with Crippen LogP contribution in [0.15, 0.2) is 18.2 Å². The Kier molecular flexibility index (Phi) is 7.98. The zero-order chi connectivity index (χ0) is 23.1. The van der Waals surface area contributed by atoms with Crippen LogP contribution >= 0.6 is 11.3 Å². The van der Waals surface area contributed by atoms with Crippen LogP contribution in [-0.2, 0) is 19.1 Å². The molecule has 1 aromatic carbocycles. The van der Waals surface area contributed by atoms with Crippen LogP contribution < -0.4 is 20.1 Å². The van der Waals surface area contributed by atoms with Crippen molar-refractivity contribution < 1.29 is 28.6 Å². The summed E-state index contributed by atoms with van der Waals surface area (Å²) in [6.07, 6.45) is 0.588. The number of nitrogens with one attached hydrogen (secondary N) is 2. The van der Waals surface area contributed by atoms with Gasteiger partial charge in [0, 0.05) is 12.0 Å². The van der Waals surface area contributed by atoms with Gasteiger partial charge in [0.1, 0.15) is 11.0 Å². The zero-order valence-corrected chi connectivity index (χ0v) is 19.0. The summed E-state index contributed by atoms with van der Waals surface area (Å²) in [5.74, 6) is -0.0542. The fourth-order valence-electron chi connectivity index (χ4n) is 3.00. The minimum absolute atomic E-state index is 0.0379. The van der Waals surface area contributed by atoms with Gasteiger partial charge in [-0.05, 0) is 31.0 Å². The highest BCUT2D eigenvalue weighted by Crippen LogP contribution is 2.37. The summed E-state index contributed by atoms with van der Waals surface area (Å²) in [6.45, 7) is 5.94. The van der Waals surface area contributed by atoms with E-state index >= 15 is 0 Å². The molecule has 2 N–H and O–H groups in total. The van der Waals surface area contributed by atoms with Gasteiger partial charge in [-0.1, -0.05) is 31.6 Å². The highest BCUT2D eigenvalue weighted by atomic mass is 32.1. The van der Waals surface area contributed by atoms with Crippen LogP contribution in [0.1, 0.15) is 40.0 Å². The lowest BCUT2D eigenvalue weighted by Crippen LogP contribution is -2.47. The lowest BCUT2D eigenvalue weighted by Gasteiger charge is -2.22. The molecule has 0 fully saturated rings. The minimum Gasteiger partial charge on any atom is -0.466 e. The van der Waals surface area contributed by atoms with Gasteiger partial charge < -0.3 is 19.5 Å². The number of aromatic nitrogens is 2. The largest absolute Gasteiger partial charge is 0.466 e. The van der Waals surface area contributed by atoms with Crippen molar-refractivity contribution in [3.8, 4) is 22.1 Å². The van der Waals surface area contributed by atoms with E-state index in [2.05, 4.69) is 20.8 Å². The van der Waals surface area contributed by atoms with Gasteiger partial charge in [0.05, 0.1) is 13.0 Å². The fourth-order valence-corrected chi connectivity index (χ4v) is 3.74. The molecular weight excluding hydrogens is 436 g/mol. The maximum atomic E-state index is 12.9. The van der Waals surface area contributed by atoms with E-state index in [1.807, 2.05) is 19.9 Å². The summed E-state index contributed by atoms with van der Waals surface area (Å²) in [4.78, 5) is 36.6. The van der Waals surface area contributed by atoms with E-state index in [0.717, 1.165) is 5.56 Å². The van der Waals surface area contributed by atoms with Crippen LogP contribution in [-0.4, -0.2) is 47.4 Å². The van der Waals surface area contributed by atoms with Crippen molar-refractivity contribution in [2.45, 2.75) is 46.1 Å². The molecule has 0 saturated heterocycles. The van der Waals surface area contributed by atoms with Crippen molar-refractivity contribution in [1.82, 2.24) is 15.5 Å². The van der Waals surface area contributed by atoms with Crippen LogP contribution in [0.25, 0.3) is 10.6 Å². The van der Waals surface area contributed by atoms with Gasteiger partial charge in [0.15, 0.2) is 11.5 Å². The number of carbonyl (C=O) groups excluding carboxylic acids is 3. The molecule has 11 heteroatoms. The Hall–Kier alpha value is -3.21. The van der Waals surface area contributed by atoms with Crippen molar-refractivity contribution in [2.75, 3.05) is 18.7 Å². The van der Waals surface area contributed by atoms with Gasteiger partial charge in [-0.3, -0.25) is 19.7 Å². The van der Waals surface area contributed by atoms with Crippen molar-refractivity contribution in [3.05, 3.63) is 18.2 Å². The minimum atomic E-state index is -0.771. The number of esters is 1. The average Bonchev–Trinajstić information content (AvgIpc) is 3.44. The third kappa shape index (κ3) is 5.94. The first kappa shape index (κ1) is 23.5. The molecule has 0 saturated carbocycles. The predicted molar refractivity (Wildman–Crippen MR) is 117 cm³/mol. The Balaban J connectivity index is 1.62. The maximum absolute atomic E-state index is 12.9. The molecule has 0 bridgehead atoms. The van der Waals surface area contributed by atoms with E-state index in [0.29, 0.717) is 28.1 Å². The molecule has 1 aliphatic heterocycles. The molecule has 0 spiro atoms. The summed E-state index contributed by atoms with van der Waals surface area (Å²) in [7, 11) is 0. The molecule has 1 aromatic heterocycles. The smallest absolute Gasteiger partial charge is 0.306 e. The molecule has 2 aromatic rings. The Labute approximate surface area is 189 Å². The number of anilines is 1. The number of carbonyl (C=O) groups is 3. The van der Waals surface area contributed by atoms with E-state index in [9.17, 15) is 14.4 Å². The van der Waals surface area contributed by atoms with Crippen LogP contribution in [0.5, 0.6) is 11.5 Å². The third-order valence-electron chi connectivity index (χ3n) is 4.95. The number of rotatable bonds is 10. The first-order valence-electron chi connectivity index (χ1n) is 10.4. The molecule has 2 unspecified atom stereocenters. The molecule has 32 heavy (non-hydrogen) atoms. The van der Waals surface area contributed by atoms with Crippen LogP contribution in [0.2, 0.25) is 0 Å². The molecule has 0 radical (unpaired) electrons. The number of benzene rings is 1. The number of hydrogen-bond donors (Lipinski definition) is 2. The maximum Gasteiger partial charge on any atom is 0.306 e. The monoisotopic (exact) mass is 462 g/mol. The SMILES string of the molecule is CCOC(=O)CCC(=O)NC(C(=O)Nc1nnc(-c2ccc3c(c2)OCO3)s1)C(C)CC. The van der Waals surface area contributed by atoms with Gasteiger partial charge in [-0.15, -0.1) is 10.2 Å². The lowest BCUT2D eigenvalue weighted by molar-refractivity contribution is -0.144. The van der Waals surface area contributed by atoms with Gasteiger partial charge in [0.2, 0.25) is 23.7 Å². The fraction of sp³-hybridized carbons (Fsp3) is 0.476. The standard InChI is InChI=1S/C21H26N4O6S/c1-4-12(3)18(22-16(26)8-9-17(27)29-5-2)19(28)23-21-25-24-20(32-21)13-6-7-14-15(10-13)31-11-30-14/h6-7,10,12,18H,4-5,8-9,11H2,1-3H3,(H,22,26)(H,23,25,28). The van der Waals surface area contributed by atoms with E-state index < -0.39 is 23.8 Å². The van der Waals surface area contributed by atoms with Gasteiger partial charge in [-0.25, -0.2) is 0 Å². The van der Waals surface area contributed by atoms with Gasteiger partial charge in [-0.2, -0.15) is 0 Å². The second-order valence-electron chi connectivity index (χ2n) is 7.21. The summed E-state index contributed by atoms with van der Waals surface area (Å²) < 4.78 is 15.5. The first-order valence-corrected chi connectivity index (χ1v) is 11.2. The van der Waals surface area contributed by atoms with Crippen LogP contribution in [0.4, 0.5) is 5.13 Å². The van der Waals surface area contributed by atoms with Gasteiger partial charge >= 0.3 is 5.97 Å². The number of fused-ring (bicyclic) bond motifs is 1. The summed E-state index contributed by atoms with van der Waals surface area (Å²) >= 11 is 1.21. The quantitative estimate of drug-likeness (QED) is 0.516. The van der Waals surface area contributed by atoms with Crippen molar-refractivity contribution in [1.29, 1.82) is 0 Å². The molecule has 2 atom stereocenters. The van der Waals surface area contributed by atoms with Crippen molar-refractivity contribution in [2.24, 2.45) is 5.92 Å². The van der Waals surface area contributed by atoms with Gasteiger partial charge in [0.25, 0.3) is 0 Å².